The van der Waals surface area contributed by atoms with Crippen molar-refractivity contribution in [2.24, 2.45) is 0 Å². The van der Waals surface area contributed by atoms with Crippen molar-refractivity contribution in [3.8, 4) is 0 Å². The van der Waals surface area contributed by atoms with Gasteiger partial charge in [-0.05, 0) is 62.2 Å². The Kier molecular flexibility index (Phi) is 10.4. The second-order valence-corrected chi connectivity index (χ2v) is 10.4. The number of nitrogens with one attached hydrogen (secondary N) is 2. The lowest BCUT2D eigenvalue weighted by molar-refractivity contribution is -0.121. The summed E-state index contributed by atoms with van der Waals surface area (Å²) in [5, 5.41) is 4.08. The first-order valence-corrected chi connectivity index (χ1v) is 14.1. The van der Waals surface area contributed by atoms with Crippen LogP contribution in [-0.4, -0.2) is 72.7 Å². The molecular formula is C29H36ClN5O5. The lowest BCUT2D eigenvalue weighted by Gasteiger charge is -2.36. The fourth-order valence-electron chi connectivity index (χ4n) is 4.96. The van der Waals surface area contributed by atoms with Gasteiger partial charge in [0, 0.05) is 56.4 Å². The molecule has 0 bridgehead atoms. The van der Waals surface area contributed by atoms with Gasteiger partial charge < -0.3 is 19.9 Å². The Morgan fingerprint density at radius 2 is 1.77 bits per heavy atom. The first kappa shape index (κ1) is 29.4. The van der Waals surface area contributed by atoms with Gasteiger partial charge >= 0.3 is 11.7 Å². The minimum Gasteiger partial charge on any atom is -0.465 e. The van der Waals surface area contributed by atoms with Crippen molar-refractivity contribution >= 4 is 40.1 Å². The number of aromatic amines is 1. The number of hydrogen-bond donors (Lipinski definition) is 2. The number of nitrogens with zero attached hydrogens (tertiary/aromatic N) is 3. The SMILES string of the molecule is COC(=O)c1ccc2c(=O)n(CCCCCC(=O)NCCCN3CCN(c4cccc(Cl)c4)CC3)c(=O)[nH]c2c1. The fourth-order valence-corrected chi connectivity index (χ4v) is 5.14. The zero-order chi connectivity index (χ0) is 28.5. The molecule has 0 aliphatic carbocycles. The van der Waals surface area contributed by atoms with Gasteiger partial charge in [-0.2, -0.15) is 0 Å². The highest BCUT2D eigenvalue weighted by molar-refractivity contribution is 6.30. The molecule has 0 spiro atoms. The maximum atomic E-state index is 12.8. The zero-order valence-corrected chi connectivity index (χ0v) is 23.5. The molecule has 11 heteroatoms. The normalized spacial score (nSPS) is 13.9. The van der Waals surface area contributed by atoms with Gasteiger partial charge in [0.15, 0.2) is 0 Å². The van der Waals surface area contributed by atoms with Crippen LogP contribution < -0.4 is 21.5 Å². The number of halogens is 1. The number of esters is 1. The molecule has 1 aliphatic heterocycles. The molecule has 0 atom stereocenters. The highest BCUT2D eigenvalue weighted by Gasteiger charge is 2.17. The lowest BCUT2D eigenvalue weighted by Crippen LogP contribution is -2.47. The lowest BCUT2D eigenvalue weighted by atomic mass is 10.1. The number of carbonyl (C=O) groups excluding carboxylic acids is 2. The number of hydrogen-bond acceptors (Lipinski definition) is 7. The molecule has 4 rings (SSSR count). The van der Waals surface area contributed by atoms with E-state index in [4.69, 9.17) is 11.6 Å². The van der Waals surface area contributed by atoms with Crippen LogP contribution in [0.2, 0.25) is 5.02 Å². The fraction of sp³-hybridized carbons (Fsp3) is 0.448. The molecule has 10 nitrogen and oxygen atoms in total. The van der Waals surface area contributed by atoms with E-state index < -0.39 is 17.2 Å². The number of fused-ring (bicyclic) bond motifs is 1. The summed E-state index contributed by atoms with van der Waals surface area (Å²) in [6.45, 7) is 5.74. The molecule has 2 aromatic carbocycles. The van der Waals surface area contributed by atoms with Crippen molar-refractivity contribution in [1.29, 1.82) is 0 Å². The summed E-state index contributed by atoms with van der Waals surface area (Å²) in [5.74, 6) is -0.521. The van der Waals surface area contributed by atoms with Gasteiger partial charge in [0.25, 0.3) is 5.56 Å². The third-order valence-corrected chi connectivity index (χ3v) is 7.44. The number of H-pyrrole nitrogens is 1. The van der Waals surface area contributed by atoms with Crippen LogP contribution in [0, 0.1) is 0 Å². The summed E-state index contributed by atoms with van der Waals surface area (Å²) in [4.78, 5) is 56.6. The molecule has 3 aromatic rings. The molecule has 1 fully saturated rings. The molecule has 2 N–H and O–H groups in total. The monoisotopic (exact) mass is 569 g/mol. The number of ether oxygens (including phenoxy) is 1. The molecule has 214 valence electrons. The zero-order valence-electron chi connectivity index (χ0n) is 22.8. The van der Waals surface area contributed by atoms with E-state index in [1.807, 2.05) is 18.2 Å². The van der Waals surface area contributed by atoms with Crippen LogP contribution in [0.3, 0.4) is 0 Å². The molecule has 1 amide bonds. The smallest absolute Gasteiger partial charge is 0.337 e. The number of benzene rings is 2. The van der Waals surface area contributed by atoms with E-state index in [0.717, 1.165) is 60.8 Å². The Bertz CT molecular complexity index is 1440. The van der Waals surface area contributed by atoms with Crippen molar-refractivity contribution in [2.75, 3.05) is 51.3 Å². The summed E-state index contributed by atoms with van der Waals surface area (Å²) in [6.07, 6.45) is 3.31. The summed E-state index contributed by atoms with van der Waals surface area (Å²) in [7, 11) is 1.27. The van der Waals surface area contributed by atoms with Crippen LogP contribution in [0.1, 0.15) is 42.5 Å². The van der Waals surface area contributed by atoms with E-state index >= 15 is 0 Å². The Hall–Kier alpha value is -3.63. The number of anilines is 1. The van der Waals surface area contributed by atoms with Gasteiger partial charge in [-0.3, -0.25) is 19.1 Å². The predicted octanol–water partition coefficient (Wildman–Crippen LogP) is 3.02. The van der Waals surface area contributed by atoms with Gasteiger partial charge in [0.1, 0.15) is 0 Å². The van der Waals surface area contributed by atoms with E-state index in [2.05, 4.69) is 30.9 Å². The third-order valence-electron chi connectivity index (χ3n) is 7.21. The van der Waals surface area contributed by atoms with Gasteiger partial charge in [0.2, 0.25) is 5.91 Å². The van der Waals surface area contributed by atoms with E-state index in [1.165, 1.54) is 25.3 Å². The molecule has 0 radical (unpaired) electrons. The summed E-state index contributed by atoms with van der Waals surface area (Å²) in [6, 6.07) is 12.4. The topological polar surface area (TPSA) is 117 Å². The number of methoxy groups -OCH3 is 1. The average Bonchev–Trinajstić information content (AvgIpc) is 2.96. The highest BCUT2D eigenvalue weighted by Crippen LogP contribution is 2.20. The Balaban J connectivity index is 1.10. The van der Waals surface area contributed by atoms with E-state index in [1.54, 1.807) is 0 Å². The van der Waals surface area contributed by atoms with Gasteiger partial charge in [-0.1, -0.05) is 24.1 Å². The van der Waals surface area contributed by atoms with E-state index in [-0.39, 0.29) is 18.0 Å². The van der Waals surface area contributed by atoms with Crippen LogP contribution in [0.15, 0.2) is 52.1 Å². The van der Waals surface area contributed by atoms with Crippen LogP contribution in [0.25, 0.3) is 10.9 Å². The third kappa shape index (κ3) is 7.73. The van der Waals surface area contributed by atoms with Gasteiger partial charge in [-0.15, -0.1) is 0 Å². The number of rotatable bonds is 12. The van der Waals surface area contributed by atoms with Crippen LogP contribution >= 0.6 is 11.6 Å². The first-order chi connectivity index (χ1) is 19.4. The number of amides is 1. The van der Waals surface area contributed by atoms with Crippen LogP contribution in [-0.2, 0) is 16.1 Å². The Morgan fingerprint density at radius 1 is 0.975 bits per heavy atom. The number of carbonyl (C=O) groups is 2. The minimum absolute atomic E-state index is 0.0212. The predicted molar refractivity (Wildman–Crippen MR) is 156 cm³/mol. The average molecular weight is 570 g/mol. The minimum atomic E-state index is -0.542. The molecule has 0 unspecified atom stereocenters. The second-order valence-electron chi connectivity index (χ2n) is 9.96. The molecule has 1 saturated heterocycles. The maximum Gasteiger partial charge on any atom is 0.337 e. The second kappa shape index (κ2) is 14.1. The van der Waals surface area contributed by atoms with Crippen molar-refractivity contribution in [3.63, 3.8) is 0 Å². The van der Waals surface area contributed by atoms with Crippen molar-refractivity contribution < 1.29 is 14.3 Å². The highest BCUT2D eigenvalue weighted by atomic mass is 35.5. The Morgan fingerprint density at radius 3 is 2.52 bits per heavy atom. The van der Waals surface area contributed by atoms with Crippen LogP contribution in [0.5, 0.6) is 0 Å². The van der Waals surface area contributed by atoms with Crippen molar-refractivity contribution in [1.82, 2.24) is 19.8 Å². The summed E-state index contributed by atoms with van der Waals surface area (Å²) < 4.78 is 5.85. The summed E-state index contributed by atoms with van der Waals surface area (Å²) in [5.41, 5.74) is 0.785. The summed E-state index contributed by atoms with van der Waals surface area (Å²) >= 11 is 6.11. The first-order valence-electron chi connectivity index (χ1n) is 13.7. The molecule has 40 heavy (non-hydrogen) atoms. The van der Waals surface area contributed by atoms with Gasteiger partial charge in [0.05, 0.1) is 23.6 Å². The number of aromatic nitrogens is 2. The number of unbranched alkanes of at least 4 members (excludes halogenated alkanes) is 2. The van der Waals surface area contributed by atoms with Crippen molar-refractivity contribution in [2.45, 2.75) is 38.6 Å². The molecule has 2 heterocycles. The molecule has 0 saturated carbocycles. The van der Waals surface area contributed by atoms with E-state index in [9.17, 15) is 19.2 Å². The molecule has 1 aliphatic rings. The number of piperazine rings is 1. The van der Waals surface area contributed by atoms with Crippen LogP contribution in [0.4, 0.5) is 5.69 Å². The maximum absolute atomic E-state index is 12.8. The molecular weight excluding hydrogens is 534 g/mol. The molecule has 1 aromatic heterocycles. The van der Waals surface area contributed by atoms with Crippen molar-refractivity contribution in [3.05, 3.63) is 73.9 Å². The van der Waals surface area contributed by atoms with E-state index in [0.29, 0.717) is 36.7 Å². The standard InChI is InChI=1S/C29H36ClN5O5/c1-40-28(38)21-10-11-24-25(19-21)32-29(39)35(27(24)37)14-4-2-3-9-26(36)31-12-6-13-33-15-17-34(18-16-33)23-8-5-7-22(30)20-23/h5,7-8,10-11,19-20H,2-4,6,9,12-18H2,1H3,(H,31,36)(H,32,39). The largest absolute Gasteiger partial charge is 0.465 e. The quantitative estimate of drug-likeness (QED) is 0.254. The Labute approximate surface area is 237 Å². The van der Waals surface area contributed by atoms with Gasteiger partial charge in [-0.25, -0.2) is 9.59 Å².